The van der Waals surface area contributed by atoms with Crippen LogP contribution in [-0.4, -0.2) is 16.7 Å². The van der Waals surface area contributed by atoms with Crippen molar-refractivity contribution in [1.29, 1.82) is 0 Å². The largest absolute Gasteiger partial charge is 0.257 e. The second-order valence-electron chi connectivity index (χ2n) is 4.02. The Kier molecular flexibility index (Phi) is 7.30. The standard InChI is InChI=1S/C14H19Cl2N/c1-2-3-4-7-12(10-15)13(11-16)14-8-5-6-9-17-14/h5-6,8-9H,2-4,7,10-11H2,1H3. The van der Waals surface area contributed by atoms with Crippen LogP contribution in [0.25, 0.3) is 5.57 Å². The highest BCUT2D eigenvalue weighted by Gasteiger charge is 2.08. The third-order valence-electron chi connectivity index (χ3n) is 2.78. The van der Waals surface area contributed by atoms with Crippen LogP contribution in [0.4, 0.5) is 0 Å². The molecule has 0 aliphatic heterocycles. The van der Waals surface area contributed by atoms with Crippen molar-refractivity contribution in [2.45, 2.75) is 32.6 Å². The number of nitrogens with zero attached hydrogens (tertiary/aromatic N) is 1. The first-order chi connectivity index (χ1) is 8.33. The number of alkyl halides is 2. The van der Waals surface area contributed by atoms with Crippen LogP contribution in [0.1, 0.15) is 38.3 Å². The van der Waals surface area contributed by atoms with Crippen LogP contribution >= 0.6 is 23.2 Å². The van der Waals surface area contributed by atoms with Crippen molar-refractivity contribution in [3.05, 3.63) is 35.7 Å². The molecule has 1 nitrogen and oxygen atoms in total. The molecular weight excluding hydrogens is 253 g/mol. The van der Waals surface area contributed by atoms with Crippen molar-refractivity contribution in [3.63, 3.8) is 0 Å². The van der Waals surface area contributed by atoms with Crippen LogP contribution in [0.2, 0.25) is 0 Å². The third-order valence-corrected chi connectivity index (χ3v) is 3.37. The molecule has 0 aliphatic rings. The number of hydrogen-bond acceptors (Lipinski definition) is 1. The predicted molar refractivity (Wildman–Crippen MR) is 76.7 cm³/mol. The first-order valence-corrected chi connectivity index (χ1v) is 7.14. The molecule has 0 spiro atoms. The van der Waals surface area contributed by atoms with Gasteiger partial charge in [0, 0.05) is 18.0 Å². The van der Waals surface area contributed by atoms with Gasteiger partial charge in [0.05, 0.1) is 5.69 Å². The first-order valence-electron chi connectivity index (χ1n) is 6.07. The van der Waals surface area contributed by atoms with Gasteiger partial charge in [0.1, 0.15) is 0 Å². The minimum Gasteiger partial charge on any atom is -0.257 e. The van der Waals surface area contributed by atoms with Crippen LogP contribution in [-0.2, 0) is 0 Å². The van der Waals surface area contributed by atoms with Crippen molar-refractivity contribution in [2.75, 3.05) is 11.8 Å². The zero-order valence-corrected chi connectivity index (χ0v) is 11.8. The van der Waals surface area contributed by atoms with Crippen LogP contribution < -0.4 is 0 Å². The van der Waals surface area contributed by atoms with E-state index in [0.29, 0.717) is 11.8 Å². The molecule has 1 aromatic rings. The number of hydrogen-bond donors (Lipinski definition) is 0. The Hall–Kier alpha value is -0.530. The number of unbranched alkanes of at least 4 members (excludes halogenated alkanes) is 2. The lowest BCUT2D eigenvalue weighted by Gasteiger charge is -2.11. The molecule has 0 amide bonds. The fourth-order valence-corrected chi connectivity index (χ4v) is 2.39. The van der Waals surface area contributed by atoms with Crippen LogP contribution in [0.3, 0.4) is 0 Å². The van der Waals surface area contributed by atoms with Crippen LogP contribution in [0.5, 0.6) is 0 Å². The Balaban J connectivity index is 2.86. The number of halogens is 2. The topological polar surface area (TPSA) is 12.9 Å². The summed E-state index contributed by atoms with van der Waals surface area (Å²) in [5.74, 6) is 1.02. The Bertz CT molecular complexity index is 346. The fraction of sp³-hybridized carbons (Fsp3) is 0.500. The lowest BCUT2D eigenvalue weighted by molar-refractivity contribution is 0.714. The van der Waals surface area contributed by atoms with E-state index in [4.69, 9.17) is 23.2 Å². The van der Waals surface area contributed by atoms with E-state index in [1.54, 1.807) is 6.20 Å². The van der Waals surface area contributed by atoms with Gasteiger partial charge in [-0.1, -0.05) is 25.8 Å². The Labute approximate surface area is 114 Å². The van der Waals surface area contributed by atoms with Gasteiger partial charge in [-0.15, -0.1) is 23.2 Å². The summed E-state index contributed by atoms with van der Waals surface area (Å²) < 4.78 is 0. The fourth-order valence-electron chi connectivity index (χ4n) is 1.77. The smallest absolute Gasteiger partial charge is 0.0673 e. The van der Waals surface area contributed by atoms with E-state index in [1.807, 2.05) is 18.2 Å². The average molecular weight is 272 g/mol. The minimum atomic E-state index is 0.477. The summed E-state index contributed by atoms with van der Waals surface area (Å²) >= 11 is 12.1. The molecule has 3 heteroatoms. The predicted octanol–water partition coefficient (Wildman–Crippen LogP) is 4.89. The van der Waals surface area contributed by atoms with Crippen molar-refractivity contribution in [1.82, 2.24) is 4.98 Å². The molecule has 94 valence electrons. The summed E-state index contributed by atoms with van der Waals surface area (Å²) in [6.45, 7) is 2.20. The number of aromatic nitrogens is 1. The second kappa shape index (κ2) is 8.54. The SMILES string of the molecule is CCCCCC(CCl)=C(CCl)c1ccccn1. The highest BCUT2D eigenvalue weighted by molar-refractivity contribution is 6.24. The number of pyridine rings is 1. The molecule has 0 unspecified atom stereocenters. The zero-order valence-electron chi connectivity index (χ0n) is 10.3. The molecule has 0 bridgehead atoms. The van der Waals surface area contributed by atoms with Crippen LogP contribution in [0.15, 0.2) is 30.0 Å². The first kappa shape index (κ1) is 14.5. The maximum atomic E-state index is 6.03. The van der Waals surface area contributed by atoms with E-state index in [1.165, 1.54) is 24.8 Å². The van der Waals surface area contributed by atoms with E-state index >= 15 is 0 Å². The maximum Gasteiger partial charge on any atom is 0.0673 e. The van der Waals surface area contributed by atoms with E-state index in [-0.39, 0.29) is 0 Å². The highest BCUT2D eigenvalue weighted by atomic mass is 35.5. The van der Waals surface area contributed by atoms with Gasteiger partial charge in [0.2, 0.25) is 0 Å². The van der Waals surface area contributed by atoms with E-state index in [9.17, 15) is 0 Å². The van der Waals surface area contributed by atoms with Gasteiger partial charge in [-0.3, -0.25) is 4.98 Å². The van der Waals surface area contributed by atoms with Gasteiger partial charge in [-0.2, -0.15) is 0 Å². The molecule has 1 aromatic heterocycles. The zero-order chi connectivity index (χ0) is 12.5. The Morgan fingerprint density at radius 2 is 2.00 bits per heavy atom. The third kappa shape index (κ3) is 4.69. The van der Waals surface area contributed by atoms with Crippen molar-refractivity contribution in [2.24, 2.45) is 0 Å². The van der Waals surface area contributed by atoms with E-state index in [0.717, 1.165) is 17.7 Å². The van der Waals surface area contributed by atoms with Gasteiger partial charge < -0.3 is 0 Å². The molecule has 0 aromatic carbocycles. The molecule has 0 N–H and O–H groups in total. The molecule has 17 heavy (non-hydrogen) atoms. The van der Waals surface area contributed by atoms with Gasteiger partial charge >= 0.3 is 0 Å². The molecule has 0 saturated heterocycles. The molecule has 0 fully saturated rings. The van der Waals surface area contributed by atoms with Crippen molar-refractivity contribution in [3.8, 4) is 0 Å². The molecule has 0 aliphatic carbocycles. The summed E-state index contributed by atoms with van der Waals surface area (Å²) in [4.78, 5) is 4.35. The number of rotatable bonds is 7. The molecule has 1 heterocycles. The second-order valence-corrected chi connectivity index (χ2v) is 4.56. The molecule has 0 radical (unpaired) electrons. The Morgan fingerprint density at radius 1 is 1.18 bits per heavy atom. The lowest BCUT2D eigenvalue weighted by atomic mass is 10.0. The molecule has 0 atom stereocenters. The summed E-state index contributed by atoms with van der Waals surface area (Å²) in [5.41, 5.74) is 3.28. The van der Waals surface area contributed by atoms with Gasteiger partial charge in [-0.25, -0.2) is 0 Å². The summed E-state index contributed by atoms with van der Waals surface area (Å²) in [7, 11) is 0. The summed E-state index contributed by atoms with van der Waals surface area (Å²) in [6.07, 6.45) is 6.44. The molecule has 0 saturated carbocycles. The summed E-state index contributed by atoms with van der Waals surface area (Å²) in [6, 6.07) is 5.88. The van der Waals surface area contributed by atoms with E-state index < -0.39 is 0 Å². The highest BCUT2D eigenvalue weighted by Crippen LogP contribution is 2.23. The quantitative estimate of drug-likeness (QED) is 0.508. The van der Waals surface area contributed by atoms with Gasteiger partial charge in [0.25, 0.3) is 0 Å². The Morgan fingerprint density at radius 3 is 2.53 bits per heavy atom. The average Bonchev–Trinajstić information content (AvgIpc) is 2.39. The van der Waals surface area contributed by atoms with Gasteiger partial charge in [0.15, 0.2) is 0 Å². The van der Waals surface area contributed by atoms with Crippen LogP contribution in [0, 0.1) is 0 Å². The maximum absolute atomic E-state index is 6.03. The normalized spacial score (nSPS) is 12.4. The van der Waals surface area contributed by atoms with E-state index in [2.05, 4.69) is 11.9 Å². The number of allylic oxidation sites excluding steroid dienone is 2. The van der Waals surface area contributed by atoms with Crippen molar-refractivity contribution < 1.29 is 0 Å². The lowest BCUT2D eigenvalue weighted by Crippen LogP contribution is -1.98. The van der Waals surface area contributed by atoms with Crippen molar-refractivity contribution >= 4 is 28.8 Å². The molecular formula is C14H19Cl2N. The summed E-state index contributed by atoms with van der Waals surface area (Å²) in [5, 5.41) is 0. The minimum absolute atomic E-state index is 0.477. The molecule has 1 rings (SSSR count). The monoisotopic (exact) mass is 271 g/mol. The van der Waals surface area contributed by atoms with Gasteiger partial charge in [-0.05, 0) is 36.1 Å².